The second-order valence-corrected chi connectivity index (χ2v) is 2.27. The van der Waals surface area contributed by atoms with E-state index in [1.165, 1.54) is 13.0 Å². The van der Waals surface area contributed by atoms with Gasteiger partial charge >= 0.3 is 29.6 Å². The van der Waals surface area contributed by atoms with Crippen LogP contribution in [0.1, 0.15) is 13.8 Å². The van der Waals surface area contributed by atoms with Gasteiger partial charge in [-0.3, -0.25) is 4.99 Å². The molecule has 0 bridgehead atoms. The van der Waals surface area contributed by atoms with Crippen LogP contribution in [0, 0.1) is 0 Å². The maximum Gasteiger partial charge on any atom is 1.00 e. The molecule has 0 N–H and O–H groups in total. The third-order valence-electron chi connectivity index (χ3n) is 1.07. The Hall–Kier alpha value is 0.170. The molecular formula is C8H14NNaO2. The minimum absolute atomic E-state index is 0. The molecule has 0 rings (SSSR count). The van der Waals surface area contributed by atoms with Crippen LogP contribution in [0.2, 0.25) is 0 Å². The summed E-state index contributed by atoms with van der Waals surface area (Å²) >= 11 is 0. The van der Waals surface area contributed by atoms with Crippen LogP contribution >= 0.6 is 0 Å². The Labute approximate surface area is 95.8 Å². The topological polar surface area (TPSA) is 44.6 Å². The number of aliphatic imine (C=N–C) groups is 1. The van der Waals surface area contributed by atoms with E-state index >= 15 is 0 Å². The number of hydrogen-bond donors (Lipinski definition) is 0. The first-order valence-corrected chi connectivity index (χ1v) is 3.52. The quantitative estimate of drug-likeness (QED) is 0.205. The maximum absolute atomic E-state index is 10.5. The molecule has 0 fully saturated rings. The van der Waals surface area contributed by atoms with Gasteiger partial charge in [-0.2, -0.15) is 0 Å². The van der Waals surface area contributed by atoms with Crippen molar-refractivity contribution in [3.8, 4) is 0 Å². The van der Waals surface area contributed by atoms with Gasteiger partial charge in [-0.1, -0.05) is 13.0 Å². The molecule has 0 saturated carbocycles. The van der Waals surface area contributed by atoms with E-state index in [0.29, 0.717) is 13.2 Å². The first-order chi connectivity index (χ1) is 5.16. The van der Waals surface area contributed by atoms with Crippen molar-refractivity contribution >= 4 is 5.71 Å². The van der Waals surface area contributed by atoms with E-state index < -0.39 is 0 Å². The molecule has 0 aliphatic rings. The summed E-state index contributed by atoms with van der Waals surface area (Å²) in [5.74, 6) is 0.0312. The van der Waals surface area contributed by atoms with Crippen molar-refractivity contribution in [3.05, 3.63) is 11.8 Å². The molecule has 4 heteroatoms. The number of allylic oxidation sites excluding steroid dienone is 2. The number of methoxy groups -OCH3 is 1. The molecule has 0 heterocycles. The Morgan fingerprint density at radius 2 is 2.08 bits per heavy atom. The van der Waals surface area contributed by atoms with Gasteiger partial charge in [0.2, 0.25) is 0 Å². The minimum atomic E-state index is 0. The Morgan fingerprint density at radius 3 is 2.50 bits per heavy atom. The standard InChI is InChI=1S/C8H15NO2.Na/c1-7(6-8(2)10)9-4-5-11-3;/h6,10H,4-5H2,1-3H3;/q;+1/p-1/b8-6-,9-7?;. The Kier molecular flexibility index (Phi) is 11.3. The van der Waals surface area contributed by atoms with Gasteiger partial charge in [-0.05, 0) is 6.92 Å². The van der Waals surface area contributed by atoms with E-state index in [4.69, 9.17) is 4.74 Å². The molecule has 0 saturated heterocycles. The number of hydrogen-bond acceptors (Lipinski definition) is 3. The SMILES string of the molecule is COCCN=C(C)/C=C(/C)[O-].[Na+]. The van der Waals surface area contributed by atoms with Crippen LogP contribution in [-0.4, -0.2) is 26.0 Å². The van der Waals surface area contributed by atoms with Crippen molar-refractivity contribution in [2.45, 2.75) is 13.8 Å². The summed E-state index contributed by atoms with van der Waals surface area (Å²) in [5, 5.41) is 10.5. The number of nitrogens with zero attached hydrogens (tertiary/aromatic N) is 1. The maximum atomic E-state index is 10.5. The van der Waals surface area contributed by atoms with E-state index in [1.54, 1.807) is 14.0 Å². The van der Waals surface area contributed by atoms with Crippen molar-refractivity contribution < 1.29 is 39.4 Å². The molecule has 0 aliphatic heterocycles. The van der Waals surface area contributed by atoms with Crippen LogP contribution in [0.25, 0.3) is 0 Å². The minimum Gasteiger partial charge on any atom is -0.876 e. The predicted octanol–water partition coefficient (Wildman–Crippen LogP) is -2.64. The predicted molar refractivity (Wildman–Crippen MR) is 43.6 cm³/mol. The van der Waals surface area contributed by atoms with Crippen molar-refractivity contribution in [1.29, 1.82) is 0 Å². The van der Waals surface area contributed by atoms with Crippen LogP contribution in [0.4, 0.5) is 0 Å². The molecule has 0 spiro atoms. The molecule has 0 unspecified atom stereocenters. The van der Waals surface area contributed by atoms with Crippen molar-refractivity contribution in [2.24, 2.45) is 4.99 Å². The fraction of sp³-hybridized carbons (Fsp3) is 0.625. The van der Waals surface area contributed by atoms with Crippen molar-refractivity contribution in [3.63, 3.8) is 0 Å². The number of rotatable bonds is 4. The normalized spacial score (nSPS) is 12.6. The summed E-state index contributed by atoms with van der Waals surface area (Å²) in [6.45, 7) is 4.53. The second kappa shape index (κ2) is 9.26. The molecule has 0 amide bonds. The molecule has 0 aromatic heterocycles. The zero-order valence-electron chi connectivity index (χ0n) is 8.26. The summed E-state index contributed by atoms with van der Waals surface area (Å²) in [7, 11) is 1.62. The van der Waals surface area contributed by atoms with Crippen LogP contribution in [0.5, 0.6) is 0 Å². The first kappa shape index (κ1) is 14.7. The third kappa shape index (κ3) is 10.2. The fourth-order valence-corrected chi connectivity index (χ4v) is 0.653. The Balaban J connectivity index is 0. The largest absolute Gasteiger partial charge is 1.00 e. The van der Waals surface area contributed by atoms with Gasteiger partial charge in [0.15, 0.2) is 0 Å². The van der Waals surface area contributed by atoms with Crippen LogP contribution < -0.4 is 34.7 Å². The van der Waals surface area contributed by atoms with E-state index in [1.807, 2.05) is 0 Å². The van der Waals surface area contributed by atoms with Crippen LogP contribution in [0.3, 0.4) is 0 Å². The summed E-state index contributed by atoms with van der Waals surface area (Å²) in [6, 6.07) is 0. The molecule has 64 valence electrons. The summed E-state index contributed by atoms with van der Waals surface area (Å²) in [6.07, 6.45) is 1.51. The molecule has 12 heavy (non-hydrogen) atoms. The van der Waals surface area contributed by atoms with E-state index in [0.717, 1.165) is 5.71 Å². The molecular weight excluding hydrogens is 165 g/mol. The third-order valence-corrected chi connectivity index (χ3v) is 1.07. The van der Waals surface area contributed by atoms with Crippen molar-refractivity contribution in [2.75, 3.05) is 20.3 Å². The summed E-state index contributed by atoms with van der Waals surface area (Å²) in [5.41, 5.74) is 0.759. The van der Waals surface area contributed by atoms with Crippen molar-refractivity contribution in [1.82, 2.24) is 0 Å². The number of ether oxygens (including phenoxy) is 1. The Bertz CT molecular complexity index is 162. The summed E-state index contributed by atoms with van der Waals surface area (Å²) in [4.78, 5) is 4.07. The summed E-state index contributed by atoms with van der Waals surface area (Å²) < 4.78 is 4.79. The molecule has 0 aliphatic carbocycles. The zero-order valence-corrected chi connectivity index (χ0v) is 10.3. The average molecular weight is 179 g/mol. The smallest absolute Gasteiger partial charge is 0.876 e. The van der Waals surface area contributed by atoms with Gasteiger partial charge in [0.05, 0.1) is 13.2 Å². The molecule has 0 aromatic carbocycles. The van der Waals surface area contributed by atoms with E-state index in [-0.39, 0.29) is 35.3 Å². The average Bonchev–Trinajstić information content (AvgIpc) is 1.86. The van der Waals surface area contributed by atoms with Crippen LogP contribution in [0.15, 0.2) is 16.8 Å². The monoisotopic (exact) mass is 179 g/mol. The molecule has 0 radical (unpaired) electrons. The Morgan fingerprint density at radius 1 is 1.50 bits per heavy atom. The fourth-order valence-electron chi connectivity index (χ4n) is 0.653. The first-order valence-electron chi connectivity index (χ1n) is 3.52. The zero-order chi connectivity index (χ0) is 8.69. The van der Waals surface area contributed by atoms with Gasteiger partial charge in [0.25, 0.3) is 0 Å². The van der Waals surface area contributed by atoms with Gasteiger partial charge in [-0.15, -0.1) is 5.76 Å². The molecule has 3 nitrogen and oxygen atoms in total. The van der Waals surface area contributed by atoms with Gasteiger partial charge < -0.3 is 9.84 Å². The second-order valence-electron chi connectivity index (χ2n) is 2.27. The van der Waals surface area contributed by atoms with Gasteiger partial charge in [0.1, 0.15) is 0 Å². The molecule has 0 aromatic rings. The van der Waals surface area contributed by atoms with E-state index in [9.17, 15) is 5.11 Å². The van der Waals surface area contributed by atoms with Gasteiger partial charge in [0, 0.05) is 12.8 Å². The molecule has 0 atom stereocenters. The van der Waals surface area contributed by atoms with Gasteiger partial charge in [-0.25, -0.2) is 0 Å². The van der Waals surface area contributed by atoms with E-state index in [2.05, 4.69) is 4.99 Å². The van der Waals surface area contributed by atoms with Crippen LogP contribution in [-0.2, 0) is 4.74 Å².